The second-order valence-electron chi connectivity index (χ2n) is 4.56. The maximum atomic E-state index is 11.9. The average molecular weight is 328 g/mol. The Balaban J connectivity index is 1.91. The van der Waals surface area contributed by atoms with Gasteiger partial charge < -0.3 is 10.1 Å². The van der Waals surface area contributed by atoms with Gasteiger partial charge in [-0.15, -0.1) is 0 Å². The molecule has 0 saturated carbocycles. The van der Waals surface area contributed by atoms with E-state index in [2.05, 4.69) is 21.9 Å². The molecule has 0 aliphatic heterocycles. The van der Waals surface area contributed by atoms with Gasteiger partial charge in [0.1, 0.15) is 0 Å². The molecule has 1 amide bonds. The van der Waals surface area contributed by atoms with E-state index >= 15 is 0 Å². The van der Waals surface area contributed by atoms with E-state index in [0.717, 1.165) is 5.56 Å². The van der Waals surface area contributed by atoms with Gasteiger partial charge in [-0.3, -0.25) is 4.79 Å². The third kappa shape index (κ3) is 4.87. The maximum Gasteiger partial charge on any atom is 0.337 e. The van der Waals surface area contributed by atoms with Crippen molar-refractivity contribution in [1.29, 1.82) is 0 Å². The fourth-order valence-electron chi connectivity index (χ4n) is 1.81. The minimum atomic E-state index is -0.440. The minimum Gasteiger partial charge on any atom is -0.465 e. The molecule has 0 aliphatic carbocycles. The zero-order valence-corrected chi connectivity index (χ0v) is 13.2. The molecule has 0 unspecified atom stereocenters. The summed E-state index contributed by atoms with van der Waals surface area (Å²) in [5.41, 5.74) is 1.63. The molecule has 1 N–H and O–H groups in total. The molecule has 0 fully saturated rings. The lowest BCUT2D eigenvalue weighted by molar-refractivity contribution is 0.0600. The molecular formula is C18H14ClNO3. The van der Waals surface area contributed by atoms with Gasteiger partial charge in [0.2, 0.25) is 0 Å². The number of amides is 1. The van der Waals surface area contributed by atoms with Crippen LogP contribution in [0.4, 0.5) is 0 Å². The zero-order chi connectivity index (χ0) is 16.7. The number of carbonyl (C=O) groups excluding carboxylic acids is 2. The minimum absolute atomic E-state index is 0.212. The SMILES string of the molecule is COC(=O)c1ccc(C(=O)NCC#Cc2cccc(Cl)c2)cc1. The van der Waals surface area contributed by atoms with Gasteiger partial charge in [-0.2, -0.15) is 0 Å². The number of benzene rings is 2. The highest BCUT2D eigenvalue weighted by Gasteiger charge is 2.07. The van der Waals surface area contributed by atoms with Gasteiger partial charge >= 0.3 is 5.97 Å². The monoisotopic (exact) mass is 327 g/mol. The zero-order valence-electron chi connectivity index (χ0n) is 12.4. The van der Waals surface area contributed by atoms with Gasteiger partial charge in [0.05, 0.1) is 19.2 Å². The number of hydrogen-bond acceptors (Lipinski definition) is 3. The summed E-state index contributed by atoms with van der Waals surface area (Å²) in [6.07, 6.45) is 0. The van der Waals surface area contributed by atoms with Gasteiger partial charge in [-0.1, -0.05) is 29.5 Å². The quantitative estimate of drug-likeness (QED) is 0.696. The van der Waals surface area contributed by atoms with Crippen molar-refractivity contribution in [2.75, 3.05) is 13.7 Å². The number of nitrogens with one attached hydrogen (secondary N) is 1. The predicted octanol–water partition coefficient (Wildman–Crippen LogP) is 2.91. The number of esters is 1. The number of halogens is 1. The highest BCUT2D eigenvalue weighted by molar-refractivity contribution is 6.30. The summed E-state index contributed by atoms with van der Waals surface area (Å²) in [4.78, 5) is 23.3. The molecule has 2 aromatic carbocycles. The molecule has 0 aliphatic rings. The van der Waals surface area contributed by atoms with Crippen LogP contribution in [0.15, 0.2) is 48.5 Å². The molecule has 0 radical (unpaired) electrons. The summed E-state index contributed by atoms with van der Waals surface area (Å²) in [7, 11) is 1.31. The van der Waals surface area contributed by atoms with Gasteiger partial charge in [0.15, 0.2) is 0 Å². The van der Waals surface area contributed by atoms with Crippen LogP contribution in [0.3, 0.4) is 0 Å². The third-order valence-corrected chi connectivity index (χ3v) is 3.20. The first-order valence-electron chi connectivity index (χ1n) is 6.81. The van der Waals surface area contributed by atoms with Crippen LogP contribution >= 0.6 is 11.6 Å². The molecule has 5 heteroatoms. The Morgan fingerprint density at radius 1 is 1.13 bits per heavy atom. The van der Waals surface area contributed by atoms with E-state index in [1.807, 2.05) is 12.1 Å². The number of ether oxygens (including phenoxy) is 1. The molecule has 4 nitrogen and oxygen atoms in total. The first kappa shape index (κ1) is 16.6. The Kier molecular flexibility index (Phi) is 5.79. The van der Waals surface area contributed by atoms with Gasteiger partial charge in [-0.05, 0) is 42.5 Å². The molecule has 0 heterocycles. The van der Waals surface area contributed by atoms with Crippen molar-refractivity contribution in [3.8, 4) is 11.8 Å². The Bertz CT molecular complexity index is 773. The molecule has 0 saturated heterocycles. The van der Waals surface area contributed by atoms with Crippen LogP contribution < -0.4 is 5.32 Å². The molecule has 2 rings (SSSR count). The fourth-order valence-corrected chi connectivity index (χ4v) is 2.00. The molecule has 0 atom stereocenters. The summed E-state index contributed by atoms with van der Waals surface area (Å²) in [5, 5.41) is 3.30. The summed E-state index contributed by atoms with van der Waals surface area (Å²) in [5.74, 6) is 5.06. The Labute approximate surface area is 139 Å². The Hall–Kier alpha value is -2.77. The molecule has 116 valence electrons. The van der Waals surface area contributed by atoms with Crippen molar-refractivity contribution in [3.63, 3.8) is 0 Å². The van der Waals surface area contributed by atoms with Crippen LogP contribution in [-0.2, 0) is 4.74 Å². The molecule has 2 aromatic rings. The van der Waals surface area contributed by atoms with E-state index in [1.54, 1.807) is 36.4 Å². The van der Waals surface area contributed by atoms with Crippen molar-refractivity contribution in [2.24, 2.45) is 0 Å². The average Bonchev–Trinajstić information content (AvgIpc) is 2.58. The van der Waals surface area contributed by atoms with Gasteiger partial charge in [0.25, 0.3) is 5.91 Å². The van der Waals surface area contributed by atoms with E-state index in [9.17, 15) is 9.59 Å². The summed E-state index contributed by atoms with van der Waals surface area (Å²) in [6.45, 7) is 0.212. The van der Waals surface area contributed by atoms with Gasteiger partial charge in [-0.25, -0.2) is 4.79 Å². The summed E-state index contributed by atoms with van der Waals surface area (Å²) in [6, 6.07) is 13.4. The topological polar surface area (TPSA) is 55.4 Å². The maximum absolute atomic E-state index is 11.9. The number of rotatable bonds is 3. The first-order chi connectivity index (χ1) is 11.1. The smallest absolute Gasteiger partial charge is 0.337 e. The first-order valence-corrected chi connectivity index (χ1v) is 7.19. The number of methoxy groups -OCH3 is 1. The number of hydrogen-bond donors (Lipinski definition) is 1. The van der Waals surface area contributed by atoms with E-state index < -0.39 is 5.97 Å². The lowest BCUT2D eigenvalue weighted by atomic mass is 10.1. The van der Waals surface area contributed by atoms with Crippen molar-refractivity contribution >= 4 is 23.5 Å². The standard InChI is InChI=1S/C18H14ClNO3/c1-23-18(22)15-9-7-14(8-10-15)17(21)20-11-3-5-13-4-2-6-16(19)12-13/h2,4,6-10,12H,11H2,1H3,(H,20,21). The molecule has 0 spiro atoms. The Morgan fingerprint density at radius 2 is 1.83 bits per heavy atom. The van der Waals surface area contributed by atoms with Gasteiger partial charge in [0, 0.05) is 16.1 Å². The van der Waals surface area contributed by atoms with Crippen LogP contribution in [-0.4, -0.2) is 25.5 Å². The summed E-state index contributed by atoms with van der Waals surface area (Å²) >= 11 is 5.86. The van der Waals surface area contributed by atoms with Crippen molar-refractivity contribution in [3.05, 3.63) is 70.2 Å². The second-order valence-corrected chi connectivity index (χ2v) is 5.00. The van der Waals surface area contributed by atoms with Crippen LogP contribution in [0.1, 0.15) is 26.3 Å². The molecule has 0 aromatic heterocycles. The normalized spacial score (nSPS) is 9.48. The predicted molar refractivity (Wildman–Crippen MR) is 88.4 cm³/mol. The lowest BCUT2D eigenvalue weighted by Crippen LogP contribution is -2.23. The summed E-state index contributed by atoms with van der Waals surface area (Å²) < 4.78 is 4.60. The largest absolute Gasteiger partial charge is 0.465 e. The molecule has 0 bridgehead atoms. The highest BCUT2D eigenvalue weighted by atomic mass is 35.5. The van der Waals surface area contributed by atoms with Crippen molar-refractivity contribution < 1.29 is 14.3 Å². The van der Waals surface area contributed by atoms with E-state index in [0.29, 0.717) is 16.1 Å². The van der Waals surface area contributed by atoms with E-state index in [-0.39, 0.29) is 12.5 Å². The Morgan fingerprint density at radius 3 is 2.48 bits per heavy atom. The highest BCUT2D eigenvalue weighted by Crippen LogP contribution is 2.09. The molecular weight excluding hydrogens is 314 g/mol. The van der Waals surface area contributed by atoms with Crippen LogP contribution in [0.25, 0.3) is 0 Å². The van der Waals surface area contributed by atoms with Crippen LogP contribution in [0.5, 0.6) is 0 Å². The van der Waals surface area contributed by atoms with E-state index in [4.69, 9.17) is 11.6 Å². The van der Waals surface area contributed by atoms with Crippen LogP contribution in [0.2, 0.25) is 5.02 Å². The fraction of sp³-hybridized carbons (Fsp3) is 0.111. The molecule has 23 heavy (non-hydrogen) atoms. The lowest BCUT2D eigenvalue weighted by Gasteiger charge is -2.03. The number of carbonyl (C=O) groups is 2. The third-order valence-electron chi connectivity index (χ3n) is 2.96. The van der Waals surface area contributed by atoms with Crippen LogP contribution in [0, 0.1) is 11.8 Å². The second kappa shape index (κ2) is 8.02. The van der Waals surface area contributed by atoms with E-state index in [1.165, 1.54) is 7.11 Å². The van der Waals surface area contributed by atoms with Crippen molar-refractivity contribution in [1.82, 2.24) is 5.32 Å². The van der Waals surface area contributed by atoms with Crippen molar-refractivity contribution in [2.45, 2.75) is 0 Å².